The van der Waals surface area contributed by atoms with Crippen LogP contribution in [-0.2, 0) is 9.53 Å². The Morgan fingerprint density at radius 3 is 2.56 bits per heavy atom. The molecule has 0 heterocycles. The molecule has 0 bridgehead atoms. The fourth-order valence-electron chi connectivity index (χ4n) is 2.38. The summed E-state index contributed by atoms with van der Waals surface area (Å²) < 4.78 is 5.83. The molecule has 1 aliphatic rings. The average Bonchev–Trinajstić information content (AvgIpc) is 2.37. The highest BCUT2D eigenvalue weighted by Crippen LogP contribution is 2.29. The van der Waals surface area contributed by atoms with Crippen molar-refractivity contribution in [3.05, 3.63) is 0 Å². The van der Waals surface area contributed by atoms with Crippen LogP contribution in [0.5, 0.6) is 0 Å². The maximum atomic E-state index is 10.5. The summed E-state index contributed by atoms with van der Waals surface area (Å²) in [6.45, 7) is 0.662. The van der Waals surface area contributed by atoms with E-state index in [1.807, 2.05) is 7.05 Å². The van der Waals surface area contributed by atoms with Gasteiger partial charge in [-0.25, -0.2) is 0 Å². The number of aliphatic imine (C=N–C) groups is 1. The molecule has 0 radical (unpaired) electrons. The van der Waals surface area contributed by atoms with Crippen molar-refractivity contribution in [2.24, 2.45) is 10.9 Å². The van der Waals surface area contributed by atoms with Crippen LogP contribution in [0, 0.1) is 5.92 Å². The molecule has 0 spiro atoms. The van der Waals surface area contributed by atoms with Crippen LogP contribution in [0.2, 0.25) is 0 Å². The molecule has 5 nitrogen and oxygen atoms in total. The molecule has 0 amide bonds. The minimum Gasteiger partial charge on any atom is -0.481 e. The van der Waals surface area contributed by atoms with Crippen LogP contribution >= 0.6 is 0 Å². The highest BCUT2D eigenvalue weighted by molar-refractivity contribution is 5.78. The first-order valence-corrected chi connectivity index (χ1v) is 6.64. The van der Waals surface area contributed by atoms with Gasteiger partial charge in [0.15, 0.2) is 5.90 Å². The lowest BCUT2D eigenvalue weighted by Crippen LogP contribution is -2.29. The second-order valence-electron chi connectivity index (χ2n) is 4.84. The van der Waals surface area contributed by atoms with E-state index in [4.69, 9.17) is 9.84 Å². The number of carboxylic acids is 1. The molecule has 0 unspecified atom stereocenters. The standard InChI is InChI=1S/C13H24N2O3/c1-14-9-12(15-2)18-11-6-3-10(4-7-11)5-8-13(16)17/h10-11,14H,3-9H2,1-2H3,(H,16,17). The van der Waals surface area contributed by atoms with Crippen molar-refractivity contribution in [3.8, 4) is 0 Å². The average molecular weight is 256 g/mol. The summed E-state index contributed by atoms with van der Waals surface area (Å²) in [7, 11) is 3.61. The lowest BCUT2D eigenvalue weighted by atomic mass is 9.84. The van der Waals surface area contributed by atoms with Gasteiger partial charge < -0.3 is 15.2 Å². The molecule has 2 N–H and O–H groups in total. The van der Waals surface area contributed by atoms with Gasteiger partial charge in [-0.3, -0.25) is 9.79 Å². The van der Waals surface area contributed by atoms with E-state index in [9.17, 15) is 4.79 Å². The van der Waals surface area contributed by atoms with Crippen molar-refractivity contribution in [2.75, 3.05) is 20.6 Å². The number of nitrogens with one attached hydrogen (secondary N) is 1. The van der Waals surface area contributed by atoms with Crippen LogP contribution in [0.25, 0.3) is 0 Å². The molecular formula is C13H24N2O3. The number of rotatable bonds is 6. The number of aliphatic carboxylic acids is 1. The third kappa shape index (κ3) is 5.49. The van der Waals surface area contributed by atoms with Crippen LogP contribution in [0.1, 0.15) is 38.5 Å². The first-order valence-electron chi connectivity index (χ1n) is 6.64. The van der Waals surface area contributed by atoms with Crippen molar-refractivity contribution >= 4 is 11.9 Å². The van der Waals surface area contributed by atoms with Gasteiger partial charge in [-0.2, -0.15) is 0 Å². The first kappa shape index (κ1) is 15.0. The third-order valence-corrected chi connectivity index (χ3v) is 3.44. The van der Waals surface area contributed by atoms with Crippen LogP contribution < -0.4 is 5.32 Å². The summed E-state index contributed by atoms with van der Waals surface area (Å²) in [4.78, 5) is 14.6. The van der Waals surface area contributed by atoms with Gasteiger partial charge in [-0.05, 0) is 45.1 Å². The lowest BCUT2D eigenvalue weighted by Gasteiger charge is -2.29. The Morgan fingerprint density at radius 2 is 2.06 bits per heavy atom. The van der Waals surface area contributed by atoms with Crippen molar-refractivity contribution < 1.29 is 14.6 Å². The Hall–Kier alpha value is -1.10. The van der Waals surface area contributed by atoms with E-state index in [2.05, 4.69) is 10.3 Å². The van der Waals surface area contributed by atoms with Gasteiger partial charge in [0.05, 0.1) is 6.54 Å². The summed E-state index contributed by atoms with van der Waals surface area (Å²) in [6, 6.07) is 0. The summed E-state index contributed by atoms with van der Waals surface area (Å²) in [5, 5.41) is 11.7. The maximum Gasteiger partial charge on any atom is 0.303 e. The summed E-state index contributed by atoms with van der Waals surface area (Å²) >= 11 is 0. The quantitative estimate of drug-likeness (QED) is 0.560. The summed E-state index contributed by atoms with van der Waals surface area (Å²) in [6.07, 6.45) is 5.48. The molecule has 0 aromatic carbocycles. The van der Waals surface area contributed by atoms with E-state index >= 15 is 0 Å². The van der Waals surface area contributed by atoms with Crippen LogP contribution in [-0.4, -0.2) is 43.7 Å². The summed E-state index contributed by atoms with van der Waals surface area (Å²) in [5.74, 6) is 0.613. The Kier molecular flexibility index (Phi) is 6.72. The number of hydrogen-bond acceptors (Lipinski definition) is 4. The van der Waals surface area contributed by atoms with E-state index in [1.54, 1.807) is 7.05 Å². The van der Waals surface area contributed by atoms with Crippen molar-refractivity contribution in [1.82, 2.24) is 5.32 Å². The largest absolute Gasteiger partial charge is 0.481 e. The molecule has 1 aliphatic carbocycles. The first-order chi connectivity index (χ1) is 8.65. The van der Waals surface area contributed by atoms with Gasteiger partial charge >= 0.3 is 5.97 Å². The monoisotopic (exact) mass is 256 g/mol. The Labute approximate surface area is 109 Å². The fourth-order valence-corrected chi connectivity index (χ4v) is 2.38. The zero-order valence-corrected chi connectivity index (χ0v) is 11.3. The van der Waals surface area contributed by atoms with E-state index in [0.717, 1.165) is 38.0 Å². The van der Waals surface area contributed by atoms with E-state index in [0.29, 0.717) is 12.5 Å². The highest BCUT2D eigenvalue weighted by Gasteiger charge is 2.23. The lowest BCUT2D eigenvalue weighted by molar-refractivity contribution is -0.137. The molecule has 1 fully saturated rings. The smallest absolute Gasteiger partial charge is 0.303 e. The molecule has 0 aromatic heterocycles. The predicted molar refractivity (Wildman–Crippen MR) is 71.0 cm³/mol. The number of ether oxygens (including phenoxy) is 1. The molecule has 1 rings (SSSR count). The van der Waals surface area contributed by atoms with E-state index in [-0.39, 0.29) is 12.5 Å². The van der Waals surface area contributed by atoms with Crippen LogP contribution in [0.15, 0.2) is 4.99 Å². The number of nitrogens with zero attached hydrogens (tertiary/aromatic N) is 1. The van der Waals surface area contributed by atoms with Crippen molar-refractivity contribution in [2.45, 2.75) is 44.6 Å². The molecular weight excluding hydrogens is 232 g/mol. The zero-order valence-electron chi connectivity index (χ0n) is 11.3. The predicted octanol–water partition coefficient (Wildman–Crippen LogP) is 1.67. The van der Waals surface area contributed by atoms with Crippen molar-refractivity contribution in [1.29, 1.82) is 0 Å². The Bertz CT molecular complexity index is 284. The molecule has 18 heavy (non-hydrogen) atoms. The number of carbonyl (C=O) groups is 1. The van der Waals surface area contributed by atoms with Gasteiger partial charge in [0.1, 0.15) is 6.10 Å². The van der Waals surface area contributed by atoms with E-state index < -0.39 is 5.97 Å². The van der Waals surface area contributed by atoms with Gasteiger partial charge in [0, 0.05) is 13.5 Å². The topological polar surface area (TPSA) is 70.9 Å². The molecule has 1 saturated carbocycles. The van der Waals surface area contributed by atoms with Gasteiger partial charge in [0.25, 0.3) is 0 Å². The van der Waals surface area contributed by atoms with E-state index in [1.165, 1.54) is 0 Å². The normalized spacial score (nSPS) is 24.9. The SMILES string of the molecule is CN=C(CNC)OC1CCC(CCC(=O)O)CC1. The maximum absolute atomic E-state index is 10.5. The Balaban J connectivity index is 2.24. The number of likely N-dealkylation sites (N-methyl/N-ethyl adjacent to an activating group) is 1. The Morgan fingerprint density at radius 1 is 1.39 bits per heavy atom. The molecule has 0 atom stereocenters. The van der Waals surface area contributed by atoms with Crippen LogP contribution in [0.4, 0.5) is 0 Å². The van der Waals surface area contributed by atoms with Gasteiger partial charge in [-0.15, -0.1) is 0 Å². The zero-order chi connectivity index (χ0) is 13.4. The minimum absolute atomic E-state index is 0.248. The third-order valence-electron chi connectivity index (χ3n) is 3.44. The second-order valence-corrected chi connectivity index (χ2v) is 4.84. The van der Waals surface area contributed by atoms with Gasteiger partial charge in [-0.1, -0.05) is 0 Å². The second kappa shape index (κ2) is 8.08. The number of carboxylic acid groups (broad SMARTS) is 1. The molecule has 0 aliphatic heterocycles. The van der Waals surface area contributed by atoms with Gasteiger partial charge in [0.2, 0.25) is 0 Å². The molecule has 5 heteroatoms. The van der Waals surface area contributed by atoms with Crippen molar-refractivity contribution in [3.63, 3.8) is 0 Å². The summed E-state index contributed by atoms with van der Waals surface area (Å²) in [5.41, 5.74) is 0. The van der Waals surface area contributed by atoms with Crippen LogP contribution in [0.3, 0.4) is 0 Å². The molecule has 0 saturated heterocycles. The minimum atomic E-state index is -0.692. The fraction of sp³-hybridized carbons (Fsp3) is 0.846. The highest BCUT2D eigenvalue weighted by atomic mass is 16.5. The molecule has 104 valence electrons. The molecule has 0 aromatic rings. The number of hydrogen-bond donors (Lipinski definition) is 2.